The third kappa shape index (κ3) is 3.22. The third-order valence-corrected chi connectivity index (χ3v) is 3.16. The molecule has 2 aromatic carbocycles. The van der Waals surface area contributed by atoms with Crippen molar-refractivity contribution in [1.82, 2.24) is 0 Å². The first kappa shape index (κ1) is 14.2. The van der Waals surface area contributed by atoms with E-state index in [1.807, 2.05) is 0 Å². The molecule has 2 aromatic rings. The Morgan fingerprint density at radius 2 is 1.95 bits per heavy atom. The van der Waals surface area contributed by atoms with Gasteiger partial charge in [-0.2, -0.15) is 0 Å². The number of benzene rings is 2. The number of anilines is 1. The molecule has 2 rings (SSSR count). The van der Waals surface area contributed by atoms with Crippen LogP contribution in [0.1, 0.15) is 15.9 Å². The predicted molar refractivity (Wildman–Crippen MR) is 78.2 cm³/mol. The van der Waals surface area contributed by atoms with Crippen LogP contribution in [0.15, 0.2) is 42.5 Å². The molecule has 2 N–H and O–H groups in total. The lowest BCUT2D eigenvalue weighted by molar-refractivity contribution is 0.0601. The van der Waals surface area contributed by atoms with E-state index < -0.39 is 0 Å². The van der Waals surface area contributed by atoms with Gasteiger partial charge in [0.15, 0.2) is 0 Å². The zero-order chi connectivity index (χ0) is 14.5. The molecule has 0 spiro atoms. The lowest BCUT2D eigenvalue weighted by atomic mass is 10.1. The van der Waals surface area contributed by atoms with Gasteiger partial charge in [-0.25, -0.2) is 4.79 Å². The third-order valence-electron chi connectivity index (χ3n) is 2.86. The van der Waals surface area contributed by atoms with E-state index in [0.717, 1.165) is 5.69 Å². The molecule has 0 bridgehead atoms. The molecule has 0 radical (unpaired) electrons. The average molecular weight is 292 g/mol. The molecule has 0 amide bonds. The number of phenolic OH excluding ortho intramolecular Hbond substituents is 1. The standard InChI is InChI=1S/C15H14ClNO3/c1-20-15(19)10-5-7-12(8-6-10)17-9-11-3-2-4-13(16)14(11)18/h2-8,17-18H,9H2,1H3. The number of hydrogen-bond acceptors (Lipinski definition) is 4. The van der Waals surface area contributed by atoms with Gasteiger partial charge in [0.05, 0.1) is 17.7 Å². The maximum atomic E-state index is 11.3. The number of nitrogens with one attached hydrogen (secondary N) is 1. The molecule has 5 heteroatoms. The van der Waals surface area contributed by atoms with Crippen molar-refractivity contribution < 1.29 is 14.6 Å². The Labute approximate surface area is 122 Å². The lowest BCUT2D eigenvalue weighted by Crippen LogP contribution is -2.03. The van der Waals surface area contributed by atoms with E-state index in [4.69, 9.17) is 11.6 Å². The Morgan fingerprint density at radius 1 is 1.25 bits per heavy atom. The highest BCUT2D eigenvalue weighted by Crippen LogP contribution is 2.27. The quantitative estimate of drug-likeness (QED) is 0.847. The Hall–Kier alpha value is -2.20. The van der Waals surface area contributed by atoms with E-state index in [2.05, 4.69) is 10.1 Å². The zero-order valence-electron chi connectivity index (χ0n) is 10.9. The molecule has 0 saturated heterocycles. The average Bonchev–Trinajstić information content (AvgIpc) is 2.48. The van der Waals surface area contributed by atoms with E-state index >= 15 is 0 Å². The summed E-state index contributed by atoms with van der Waals surface area (Å²) in [5.41, 5.74) is 2.02. The fraction of sp³-hybridized carbons (Fsp3) is 0.133. The first-order valence-electron chi connectivity index (χ1n) is 6.00. The first-order valence-corrected chi connectivity index (χ1v) is 6.38. The number of aromatic hydroxyl groups is 1. The summed E-state index contributed by atoms with van der Waals surface area (Å²) in [5, 5.41) is 13.3. The van der Waals surface area contributed by atoms with Gasteiger partial charge in [0.2, 0.25) is 0 Å². The topological polar surface area (TPSA) is 58.6 Å². The van der Waals surface area contributed by atoms with Crippen molar-refractivity contribution in [3.63, 3.8) is 0 Å². The number of ether oxygens (including phenoxy) is 1. The molecule has 20 heavy (non-hydrogen) atoms. The molecule has 104 valence electrons. The van der Waals surface area contributed by atoms with Gasteiger partial charge >= 0.3 is 5.97 Å². The summed E-state index contributed by atoms with van der Waals surface area (Å²) in [6, 6.07) is 12.1. The lowest BCUT2D eigenvalue weighted by Gasteiger charge is -2.09. The van der Waals surface area contributed by atoms with Crippen LogP contribution in [0.4, 0.5) is 5.69 Å². The predicted octanol–water partition coefficient (Wildman–Crippen LogP) is 3.44. The van der Waals surface area contributed by atoms with Crippen molar-refractivity contribution in [3.05, 3.63) is 58.6 Å². The molecule has 0 atom stereocenters. The van der Waals surface area contributed by atoms with E-state index in [9.17, 15) is 9.90 Å². The Balaban J connectivity index is 2.04. The molecule has 0 aliphatic heterocycles. The van der Waals surface area contributed by atoms with Crippen LogP contribution < -0.4 is 5.32 Å². The van der Waals surface area contributed by atoms with Crippen molar-refractivity contribution in [2.45, 2.75) is 6.54 Å². The van der Waals surface area contributed by atoms with Crippen LogP contribution in [0.2, 0.25) is 5.02 Å². The van der Waals surface area contributed by atoms with E-state index in [1.54, 1.807) is 42.5 Å². The summed E-state index contributed by atoms with van der Waals surface area (Å²) in [7, 11) is 1.34. The van der Waals surface area contributed by atoms with Gasteiger partial charge in [0.1, 0.15) is 5.75 Å². The van der Waals surface area contributed by atoms with Crippen LogP contribution in [0, 0.1) is 0 Å². The van der Waals surface area contributed by atoms with Gasteiger partial charge in [0, 0.05) is 17.8 Å². The SMILES string of the molecule is COC(=O)c1ccc(NCc2cccc(Cl)c2O)cc1. The number of esters is 1. The van der Waals surface area contributed by atoms with Crippen molar-refractivity contribution in [2.75, 3.05) is 12.4 Å². The van der Waals surface area contributed by atoms with Gasteiger partial charge < -0.3 is 15.2 Å². The Bertz CT molecular complexity index is 611. The summed E-state index contributed by atoms with van der Waals surface area (Å²) in [6.07, 6.45) is 0. The highest BCUT2D eigenvalue weighted by Gasteiger charge is 2.06. The zero-order valence-corrected chi connectivity index (χ0v) is 11.6. The van der Waals surface area contributed by atoms with Gasteiger partial charge in [-0.1, -0.05) is 23.7 Å². The van der Waals surface area contributed by atoms with Crippen molar-refractivity contribution in [3.8, 4) is 5.75 Å². The fourth-order valence-electron chi connectivity index (χ4n) is 1.74. The van der Waals surface area contributed by atoms with E-state index in [0.29, 0.717) is 22.7 Å². The van der Waals surface area contributed by atoms with Crippen molar-refractivity contribution in [1.29, 1.82) is 0 Å². The molecule has 0 heterocycles. The molecule has 4 nitrogen and oxygen atoms in total. The number of methoxy groups -OCH3 is 1. The number of carbonyl (C=O) groups excluding carboxylic acids is 1. The molecular weight excluding hydrogens is 278 g/mol. The smallest absolute Gasteiger partial charge is 0.337 e. The van der Waals surface area contributed by atoms with Gasteiger partial charge in [-0.15, -0.1) is 0 Å². The van der Waals surface area contributed by atoms with Crippen molar-refractivity contribution in [2.24, 2.45) is 0 Å². The van der Waals surface area contributed by atoms with Crippen molar-refractivity contribution >= 4 is 23.3 Å². The largest absolute Gasteiger partial charge is 0.506 e. The minimum absolute atomic E-state index is 0.0767. The van der Waals surface area contributed by atoms with Gasteiger partial charge in [-0.05, 0) is 30.3 Å². The minimum Gasteiger partial charge on any atom is -0.506 e. The first-order chi connectivity index (χ1) is 9.61. The minimum atomic E-state index is -0.371. The fourth-order valence-corrected chi connectivity index (χ4v) is 1.94. The molecular formula is C15H14ClNO3. The summed E-state index contributed by atoms with van der Waals surface area (Å²) >= 11 is 5.84. The molecule has 0 aliphatic carbocycles. The summed E-state index contributed by atoms with van der Waals surface area (Å²) in [5.74, 6) is -0.295. The molecule has 0 aliphatic rings. The van der Waals surface area contributed by atoms with Crippen LogP contribution in [0.3, 0.4) is 0 Å². The highest BCUT2D eigenvalue weighted by atomic mass is 35.5. The summed E-state index contributed by atoms with van der Waals surface area (Å²) < 4.78 is 4.63. The number of para-hydroxylation sites is 1. The number of carbonyl (C=O) groups is 1. The van der Waals surface area contributed by atoms with Gasteiger partial charge in [-0.3, -0.25) is 0 Å². The Kier molecular flexibility index (Phi) is 4.48. The second-order valence-electron chi connectivity index (χ2n) is 4.17. The second kappa shape index (κ2) is 6.30. The molecule has 0 aromatic heterocycles. The molecule has 0 unspecified atom stereocenters. The van der Waals surface area contributed by atoms with Crippen LogP contribution in [-0.4, -0.2) is 18.2 Å². The molecule has 0 saturated carbocycles. The van der Waals surface area contributed by atoms with Crippen LogP contribution in [-0.2, 0) is 11.3 Å². The summed E-state index contributed by atoms with van der Waals surface area (Å²) in [4.78, 5) is 11.3. The maximum Gasteiger partial charge on any atom is 0.337 e. The van der Waals surface area contributed by atoms with Gasteiger partial charge in [0.25, 0.3) is 0 Å². The second-order valence-corrected chi connectivity index (χ2v) is 4.58. The van der Waals surface area contributed by atoms with E-state index in [-0.39, 0.29) is 11.7 Å². The normalized spacial score (nSPS) is 10.1. The maximum absolute atomic E-state index is 11.3. The van der Waals surface area contributed by atoms with Crippen LogP contribution >= 0.6 is 11.6 Å². The van der Waals surface area contributed by atoms with E-state index in [1.165, 1.54) is 7.11 Å². The Morgan fingerprint density at radius 3 is 2.60 bits per heavy atom. The number of halogens is 1. The molecule has 0 fully saturated rings. The highest BCUT2D eigenvalue weighted by molar-refractivity contribution is 6.32. The summed E-state index contributed by atoms with van der Waals surface area (Å²) in [6.45, 7) is 0.434. The van der Waals surface area contributed by atoms with Crippen LogP contribution in [0.25, 0.3) is 0 Å². The number of phenols is 1. The number of rotatable bonds is 4. The number of hydrogen-bond donors (Lipinski definition) is 2. The monoisotopic (exact) mass is 291 g/mol. The van der Waals surface area contributed by atoms with Crippen LogP contribution in [0.5, 0.6) is 5.75 Å².